The minimum atomic E-state index is 0.131. The first-order valence-corrected chi connectivity index (χ1v) is 11.6. The van der Waals surface area contributed by atoms with Gasteiger partial charge in [-0.2, -0.15) is 0 Å². The van der Waals surface area contributed by atoms with Crippen molar-refractivity contribution in [1.29, 1.82) is 0 Å². The van der Waals surface area contributed by atoms with Gasteiger partial charge < -0.3 is 11.1 Å². The molecule has 2 unspecified atom stereocenters. The molecular weight excluding hydrogens is 392 g/mol. The number of nitrogens with one attached hydrogen (secondary N) is 1. The Bertz CT molecular complexity index is 1330. The molecule has 0 radical (unpaired) electrons. The zero-order chi connectivity index (χ0) is 22.6. The van der Waals surface area contributed by atoms with E-state index >= 15 is 0 Å². The summed E-state index contributed by atoms with van der Waals surface area (Å²) in [5.41, 5.74) is 13.5. The SMILES string of the molecule is CCc1ccc2cc(C3CC3Nc3nc4ccc(C(C)(C)C)cc4cc3C)c(N)nc2c1. The zero-order valence-corrected chi connectivity index (χ0v) is 19.7. The highest BCUT2D eigenvalue weighted by atomic mass is 15.1. The van der Waals surface area contributed by atoms with E-state index in [0.717, 1.165) is 40.6 Å². The summed E-state index contributed by atoms with van der Waals surface area (Å²) in [6, 6.07) is 17.9. The number of pyridine rings is 2. The Hall–Kier alpha value is -3.14. The normalized spacial score (nSPS) is 18.3. The van der Waals surface area contributed by atoms with Gasteiger partial charge >= 0.3 is 0 Å². The molecule has 1 aliphatic carbocycles. The molecule has 4 heteroatoms. The van der Waals surface area contributed by atoms with Gasteiger partial charge in [0.2, 0.25) is 0 Å². The number of aromatic nitrogens is 2. The van der Waals surface area contributed by atoms with Gasteiger partial charge in [0, 0.05) is 28.3 Å². The number of nitrogens with zero attached hydrogens (tertiary/aromatic N) is 2. The highest BCUT2D eigenvalue weighted by molar-refractivity contribution is 5.84. The van der Waals surface area contributed by atoms with E-state index in [9.17, 15) is 0 Å². The van der Waals surface area contributed by atoms with Crippen molar-refractivity contribution in [3.05, 3.63) is 70.8 Å². The van der Waals surface area contributed by atoms with Crippen molar-refractivity contribution in [1.82, 2.24) is 9.97 Å². The van der Waals surface area contributed by atoms with Crippen LogP contribution in [0.2, 0.25) is 0 Å². The van der Waals surface area contributed by atoms with E-state index in [1.54, 1.807) is 0 Å². The van der Waals surface area contributed by atoms with E-state index < -0.39 is 0 Å². The molecule has 1 saturated carbocycles. The smallest absolute Gasteiger partial charge is 0.129 e. The summed E-state index contributed by atoms with van der Waals surface area (Å²) < 4.78 is 0. The predicted molar refractivity (Wildman–Crippen MR) is 135 cm³/mol. The Morgan fingerprint density at radius 1 is 0.969 bits per heavy atom. The van der Waals surface area contributed by atoms with Crippen LogP contribution in [0.5, 0.6) is 0 Å². The number of rotatable bonds is 4. The summed E-state index contributed by atoms with van der Waals surface area (Å²) in [6.45, 7) is 11.0. The summed E-state index contributed by atoms with van der Waals surface area (Å²) in [5, 5.41) is 6.02. The van der Waals surface area contributed by atoms with Crippen LogP contribution < -0.4 is 11.1 Å². The lowest BCUT2D eigenvalue weighted by atomic mass is 9.86. The molecule has 0 spiro atoms. The summed E-state index contributed by atoms with van der Waals surface area (Å²) in [4.78, 5) is 9.65. The average molecular weight is 425 g/mol. The van der Waals surface area contributed by atoms with Crippen molar-refractivity contribution >= 4 is 33.4 Å². The van der Waals surface area contributed by atoms with E-state index in [-0.39, 0.29) is 5.41 Å². The van der Waals surface area contributed by atoms with Gasteiger partial charge in [-0.25, -0.2) is 9.97 Å². The molecule has 0 saturated heterocycles. The third-order valence-electron chi connectivity index (χ3n) is 6.73. The number of aryl methyl sites for hydroxylation is 2. The van der Waals surface area contributed by atoms with E-state index in [1.807, 2.05) is 0 Å². The van der Waals surface area contributed by atoms with Gasteiger partial charge in [0.05, 0.1) is 11.0 Å². The van der Waals surface area contributed by atoms with Crippen LogP contribution in [0.3, 0.4) is 0 Å². The second-order valence-corrected chi connectivity index (χ2v) is 10.2. The fraction of sp³-hybridized carbons (Fsp3) is 0.357. The Balaban J connectivity index is 1.39. The van der Waals surface area contributed by atoms with Crippen molar-refractivity contribution in [3.8, 4) is 0 Å². The average Bonchev–Trinajstić information content (AvgIpc) is 3.51. The van der Waals surface area contributed by atoms with Crippen LogP contribution in [0.4, 0.5) is 11.6 Å². The summed E-state index contributed by atoms with van der Waals surface area (Å²) >= 11 is 0. The van der Waals surface area contributed by atoms with Crippen molar-refractivity contribution < 1.29 is 0 Å². The van der Waals surface area contributed by atoms with E-state index in [2.05, 4.69) is 88.5 Å². The number of benzene rings is 2. The highest BCUT2D eigenvalue weighted by Crippen LogP contribution is 2.45. The topological polar surface area (TPSA) is 63.8 Å². The molecule has 2 aromatic heterocycles. The molecule has 164 valence electrons. The first-order chi connectivity index (χ1) is 15.2. The number of anilines is 2. The van der Waals surface area contributed by atoms with Crippen molar-refractivity contribution in [2.75, 3.05) is 11.1 Å². The van der Waals surface area contributed by atoms with E-state index in [1.165, 1.54) is 22.1 Å². The summed E-state index contributed by atoms with van der Waals surface area (Å²) in [6.07, 6.45) is 2.05. The second-order valence-electron chi connectivity index (χ2n) is 10.2. The molecule has 0 aliphatic heterocycles. The molecule has 2 heterocycles. The van der Waals surface area contributed by atoms with Crippen LogP contribution in [0.15, 0.2) is 48.5 Å². The van der Waals surface area contributed by atoms with Gasteiger partial charge in [-0.05, 0) is 72.2 Å². The van der Waals surface area contributed by atoms with Gasteiger partial charge in [-0.1, -0.05) is 45.9 Å². The van der Waals surface area contributed by atoms with Crippen LogP contribution in [-0.2, 0) is 11.8 Å². The van der Waals surface area contributed by atoms with Gasteiger partial charge in [0.15, 0.2) is 0 Å². The van der Waals surface area contributed by atoms with Crippen LogP contribution in [-0.4, -0.2) is 16.0 Å². The molecular formula is C28H32N4. The molecule has 0 amide bonds. The maximum absolute atomic E-state index is 6.37. The second kappa shape index (κ2) is 7.47. The largest absolute Gasteiger partial charge is 0.383 e. The highest BCUT2D eigenvalue weighted by Gasteiger charge is 2.40. The molecule has 4 aromatic rings. The van der Waals surface area contributed by atoms with Crippen molar-refractivity contribution in [2.45, 2.75) is 64.8 Å². The summed E-state index contributed by atoms with van der Waals surface area (Å²) in [7, 11) is 0. The third-order valence-corrected chi connectivity index (χ3v) is 6.73. The number of fused-ring (bicyclic) bond motifs is 2. The number of hydrogen-bond donors (Lipinski definition) is 2. The maximum Gasteiger partial charge on any atom is 0.129 e. The molecule has 32 heavy (non-hydrogen) atoms. The standard InChI is InChI=1S/C28H32N4/c1-6-17-7-8-18-14-22(26(29)30-24(18)12-17)21-15-25(21)32-27-16(2)11-19-13-20(28(3,4)5)9-10-23(19)31-27/h7-14,21,25H,6,15H2,1-5H3,(H2,29,30)(H,31,32). The molecule has 2 atom stereocenters. The molecule has 1 fully saturated rings. The zero-order valence-electron chi connectivity index (χ0n) is 19.7. The van der Waals surface area contributed by atoms with Crippen molar-refractivity contribution in [2.24, 2.45) is 0 Å². The first kappa shape index (κ1) is 20.7. The van der Waals surface area contributed by atoms with E-state index in [4.69, 9.17) is 15.7 Å². The monoisotopic (exact) mass is 424 g/mol. The molecule has 3 N–H and O–H groups in total. The Morgan fingerprint density at radius 2 is 1.78 bits per heavy atom. The fourth-order valence-corrected chi connectivity index (χ4v) is 4.53. The fourth-order valence-electron chi connectivity index (χ4n) is 4.53. The van der Waals surface area contributed by atoms with E-state index in [0.29, 0.717) is 17.8 Å². The lowest BCUT2D eigenvalue weighted by Gasteiger charge is -2.19. The lowest BCUT2D eigenvalue weighted by molar-refractivity contribution is 0.591. The molecule has 4 nitrogen and oxygen atoms in total. The van der Waals surface area contributed by atoms with Gasteiger partial charge in [0.25, 0.3) is 0 Å². The number of nitrogens with two attached hydrogens (primary N) is 1. The van der Waals surface area contributed by atoms with Crippen molar-refractivity contribution in [3.63, 3.8) is 0 Å². The third kappa shape index (κ3) is 3.79. The van der Waals surface area contributed by atoms with Crippen LogP contribution in [0, 0.1) is 6.92 Å². The Kier molecular flexibility index (Phi) is 4.85. The molecule has 1 aliphatic rings. The predicted octanol–water partition coefficient (Wildman–Crippen LogP) is 6.50. The van der Waals surface area contributed by atoms with Gasteiger partial charge in [-0.3, -0.25) is 0 Å². The van der Waals surface area contributed by atoms with Gasteiger partial charge in [0.1, 0.15) is 11.6 Å². The minimum absolute atomic E-state index is 0.131. The van der Waals surface area contributed by atoms with Gasteiger partial charge in [-0.15, -0.1) is 0 Å². The molecule has 0 bridgehead atoms. The van der Waals surface area contributed by atoms with Crippen LogP contribution in [0.1, 0.15) is 62.3 Å². The number of hydrogen-bond acceptors (Lipinski definition) is 4. The Morgan fingerprint density at radius 3 is 2.53 bits per heavy atom. The maximum atomic E-state index is 6.37. The first-order valence-electron chi connectivity index (χ1n) is 11.6. The lowest BCUT2D eigenvalue weighted by Crippen LogP contribution is -2.11. The molecule has 5 rings (SSSR count). The van der Waals surface area contributed by atoms with Crippen LogP contribution in [0.25, 0.3) is 21.8 Å². The minimum Gasteiger partial charge on any atom is -0.383 e. The summed E-state index contributed by atoms with van der Waals surface area (Å²) in [5.74, 6) is 1.99. The Labute approximate surface area is 190 Å². The van der Waals surface area contributed by atoms with Crippen LogP contribution >= 0.6 is 0 Å². The number of nitrogen functional groups attached to an aromatic ring is 1. The quantitative estimate of drug-likeness (QED) is 0.392. The molecule has 2 aromatic carbocycles.